The third kappa shape index (κ3) is 4.64. The van der Waals surface area contributed by atoms with Crippen LogP contribution in [0.2, 0.25) is 0 Å². The number of carbonyl (C=O) groups excluding carboxylic acids is 1. The molecule has 0 aliphatic carbocycles. The van der Waals surface area contributed by atoms with Crippen LogP contribution in [-0.2, 0) is 17.8 Å². The van der Waals surface area contributed by atoms with E-state index < -0.39 is 0 Å². The van der Waals surface area contributed by atoms with Crippen LogP contribution < -0.4 is 21.1 Å². The Hall–Kier alpha value is -3.71. The zero-order valence-corrected chi connectivity index (χ0v) is 21.4. The lowest BCUT2D eigenvalue weighted by Crippen LogP contribution is -2.24. The standard InChI is InChI=1S/C28H31N5OS/c1-17-5-7-20(8-6-17)25-19(3)26-24-10-9-22(32-28(30)31-13-12-29)15-21(24)16-33(35-4)27(26)18(2)23(25)11-14-34/h5-10,12-15H,11,16,29H2,1-4H3,(H3,30,31,32)/b13-12-. The van der Waals surface area contributed by atoms with Crippen molar-refractivity contribution in [1.29, 1.82) is 0 Å². The molecule has 0 radical (unpaired) electrons. The number of guanidine groups is 1. The molecular formula is C28H31N5OS. The van der Waals surface area contributed by atoms with E-state index in [-0.39, 0.29) is 5.96 Å². The first-order valence-corrected chi connectivity index (χ1v) is 12.7. The number of nitrogens with two attached hydrogens (primary N) is 2. The minimum atomic E-state index is 0.275. The highest BCUT2D eigenvalue weighted by Gasteiger charge is 2.29. The predicted octanol–water partition coefficient (Wildman–Crippen LogP) is 5.44. The molecule has 0 bridgehead atoms. The van der Waals surface area contributed by atoms with Crippen LogP contribution >= 0.6 is 11.9 Å². The zero-order chi connectivity index (χ0) is 25.1. The Morgan fingerprint density at radius 1 is 1.11 bits per heavy atom. The summed E-state index contributed by atoms with van der Waals surface area (Å²) in [6, 6.07) is 14.8. The zero-order valence-electron chi connectivity index (χ0n) is 20.6. The first kappa shape index (κ1) is 24.4. The summed E-state index contributed by atoms with van der Waals surface area (Å²) in [6.07, 6.45) is 6.27. The summed E-state index contributed by atoms with van der Waals surface area (Å²) in [4.78, 5) is 15.8. The van der Waals surface area contributed by atoms with Crippen LogP contribution in [0.3, 0.4) is 0 Å². The Bertz CT molecular complexity index is 1330. The van der Waals surface area contributed by atoms with Crippen LogP contribution in [-0.4, -0.2) is 18.5 Å². The molecule has 3 aromatic carbocycles. The van der Waals surface area contributed by atoms with Crippen molar-refractivity contribution in [2.75, 3.05) is 15.9 Å². The highest BCUT2D eigenvalue weighted by molar-refractivity contribution is 7.99. The first-order valence-electron chi connectivity index (χ1n) is 11.5. The number of anilines is 2. The van der Waals surface area contributed by atoms with Crippen LogP contribution in [0.25, 0.3) is 22.3 Å². The normalized spacial score (nSPS) is 13.0. The van der Waals surface area contributed by atoms with E-state index >= 15 is 0 Å². The quantitative estimate of drug-likeness (QED) is 0.186. The van der Waals surface area contributed by atoms with E-state index in [1.807, 2.05) is 6.07 Å². The number of aliphatic imine (C=N–C) groups is 1. The molecule has 4 rings (SSSR count). The third-order valence-electron chi connectivity index (χ3n) is 6.45. The topological polar surface area (TPSA) is 96.7 Å². The predicted molar refractivity (Wildman–Crippen MR) is 150 cm³/mol. The number of nitrogens with zero attached hydrogens (tertiary/aromatic N) is 2. The van der Waals surface area contributed by atoms with Crippen molar-refractivity contribution < 1.29 is 4.79 Å². The van der Waals surface area contributed by atoms with Gasteiger partial charge in [-0.15, -0.1) is 0 Å². The van der Waals surface area contributed by atoms with E-state index in [0.717, 1.165) is 40.8 Å². The van der Waals surface area contributed by atoms with Gasteiger partial charge in [0.1, 0.15) is 6.29 Å². The Labute approximate surface area is 211 Å². The van der Waals surface area contributed by atoms with Gasteiger partial charge in [-0.25, -0.2) is 4.99 Å². The lowest BCUT2D eigenvalue weighted by Gasteiger charge is -2.36. The van der Waals surface area contributed by atoms with Crippen molar-refractivity contribution in [3.63, 3.8) is 0 Å². The summed E-state index contributed by atoms with van der Waals surface area (Å²) in [5.41, 5.74) is 23.9. The van der Waals surface area contributed by atoms with Crippen LogP contribution in [0.15, 0.2) is 59.9 Å². The Balaban J connectivity index is 1.94. The van der Waals surface area contributed by atoms with Gasteiger partial charge in [-0.2, -0.15) is 0 Å². The lowest BCUT2D eigenvalue weighted by atomic mass is 9.81. The van der Waals surface area contributed by atoms with Gasteiger partial charge in [0, 0.05) is 36.3 Å². The van der Waals surface area contributed by atoms with Crippen molar-refractivity contribution in [2.24, 2.45) is 16.5 Å². The van der Waals surface area contributed by atoms with Gasteiger partial charge in [0.25, 0.3) is 0 Å². The second-order valence-corrected chi connectivity index (χ2v) is 9.44. The largest absolute Gasteiger partial charge is 0.403 e. The van der Waals surface area contributed by atoms with Gasteiger partial charge in [0.15, 0.2) is 5.96 Å². The number of rotatable bonds is 6. The fraction of sp³-hybridized carbons (Fsp3) is 0.214. The molecule has 5 N–H and O–H groups in total. The molecule has 0 atom stereocenters. The summed E-state index contributed by atoms with van der Waals surface area (Å²) in [5.74, 6) is 0.275. The molecule has 0 unspecified atom stereocenters. The molecule has 35 heavy (non-hydrogen) atoms. The highest BCUT2D eigenvalue weighted by Crippen LogP contribution is 2.50. The monoisotopic (exact) mass is 485 g/mol. The van der Waals surface area contributed by atoms with Gasteiger partial charge in [-0.1, -0.05) is 47.8 Å². The van der Waals surface area contributed by atoms with Crippen LogP contribution in [0.1, 0.15) is 27.8 Å². The van der Waals surface area contributed by atoms with Gasteiger partial charge >= 0.3 is 0 Å². The van der Waals surface area contributed by atoms with Crippen molar-refractivity contribution in [3.8, 4) is 22.3 Å². The number of fused-ring (bicyclic) bond motifs is 3. The molecule has 0 fully saturated rings. The lowest BCUT2D eigenvalue weighted by molar-refractivity contribution is -0.107. The summed E-state index contributed by atoms with van der Waals surface area (Å²) in [5, 5.41) is 3.13. The van der Waals surface area contributed by atoms with Gasteiger partial charge in [-0.05, 0) is 71.8 Å². The molecular weight excluding hydrogens is 454 g/mol. The number of aryl methyl sites for hydroxylation is 1. The molecule has 0 saturated heterocycles. The number of hydrogen-bond acceptors (Lipinski definition) is 5. The highest BCUT2D eigenvalue weighted by atomic mass is 32.2. The Kier molecular flexibility index (Phi) is 7.17. The van der Waals surface area contributed by atoms with Crippen LogP contribution in [0.4, 0.5) is 11.4 Å². The van der Waals surface area contributed by atoms with Gasteiger partial charge < -0.3 is 25.9 Å². The molecule has 1 aliphatic heterocycles. The Morgan fingerprint density at radius 2 is 1.86 bits per heavy atom. The molecule has 180 valence electrons. The smallest absolute Gasteiger partial charge is 0.197 e. The van der Waals surface area contributed by atoms with Gasteiger partial charge in [-0.3, -0.25) is 0 Å². The van der Waals surface area contributed by atoms with Crippen molar-refractivity contribution in [3.05, 3.63) is 82.7 Å². The third-order valence-corrected chi connectivity index (χ3v) is 7.21. The van der Waals surface area contributed by atoms with E-state index in [4.69, 9.17) is 11.5 Å². The average Bonchev–Trinajstić information content (AvgIpc) is 2.85. The number of hydrogen-bond donors (Lipinski definition) is 3. The van der Waals surface area contributed by atoms with Crippen molar-refractivity contribution in [1.82, 2.24) is 0 Å². The van der Waals surface area contributed by atoms with E-state index in [2.05, 4.69) is 78.0 Å². The van der Waals surface area contributed by atoms with E-state index in [1.54, 1.807) is 11.9 Å². The van der Waals surface area contributed by atoms with E-state index in [0.29, 0.717) is 6.42 Å². The molecule has 0 saturated carbocycles. The maximum absolute atomic E-state index is 11.7. The maximum atomic E-state index is 11.7. The number of nitrogens with one attached hydrogen (secondary N) is 1. The SMILES string of the molecule is CSN1Cc2cc(NC(N)=N/C=C\N)ccc2-c2c(C)c(-c3ccc(C)cc3)c(CC=O)c(C)c21. The molecule has 1 aliphatic rings. The fourth-order valence-electron chi connectivity index (χ4n) is 4.88. The minimum absolute atomic E-state index is 0.275. The van der Waals surface area contributed by atoms with Gasteiger partial charge in [0.2, 0.25) is 0 Å². The second-order valence-electron chi connectivity index (χ2n) is 8.64. The molecule has 0 amide bonds. The maximum Gasteiger partial charge on any atom is 0.197 e. The average molecular weight is 486 g/mol. The molecule has 6 nitrogen and oxygen atoms in total. The summed E-state index contributed by atoms with van der Waals surface area (Å²) < 4.78 is 2.31. The van der Waals surface area contributed by atoms with E-state index in [9.17, 15) is 4.79 Å². The number of aldehydes is 1. The summed E-state index contributed by atoms with van der Waals surface area (Å²) in [6.45, 7) is 7.14. The number of carbonyl (C=O) groups is 1. The van der Waals surface area contributed by atoms with Crippen LogP contribution in [0.5, 0.6) is 0 Å². The second kappa shape index (κ2) is 10.3. The fourth-order valence-corrected chi connectivity index (χ4v) is 5.56. The number of benzene rings is 3. The van der Waals surface area contributed by atoms with Crippen molar-refractivity contribution in [2.45, 2.75) is 33.7 Å². The minimum Gasteiger partial charge on any atom is -0.403 e. The van der Waals surface area contributed by atoms with Crippen molar-refractivity contribution >= 4 is 35.6 Å². The molecule has 0 aromatic heterocycles. The van der Waals surface area contributed by atoms with Crippen LogP contribution in [0, 0.1) is 20.8 Å². The summed E-state index contributed by atoms with van der Waals surface area (Å²) in [7, 11) is 0. The molecule has 3 aromatic rings. The molecule has 1 heterocycles. The Morgan fingerprint density at radius 3 is 2.51 bits per heavy atom. The molecule has 0 spiro atoms. The van der Waals surface area contributed by atoms with E-state index in [1.165, 1.54) is 45.9 Å². The summed E-state index contributed by atoms with van der Waals surface area (Å²) >= 11 is 1.69. The van der Waals surface area contributed by atoms with Gasteiger partial charge in [0.05, 0.1) is 12.2 Å². The molecule has 7 heteroatoms. The first-order chi connectivity index (χ1) is 16.9.